The molecule has 1 aliphatic rings. The molecule has 1 heterocycles. The molecule has 2 aromatic carbocycles. The van der Waals surface area contributed by atoms with Gasteiger partial charge in [-0.1, -0.05) is 36.4 Å². The van der Waals surface area contributed by atoms with Gasteiger partial charge in [0.1, 0.15) is 0 Å². The molecule has 0 atom stereocenters. The standard InChI is InChI=1S/C22H31N5O2S/c1-24-22(25-13-12-18-8-10-21(11-9-18)30(23,28)29)26-16-19-4-6-20(7-5-19)17-27-14-2-3-15-27/h4-11H,2-3,12-17H2,1H3,(H2,23,28,29)(H2,24,25,26). The number of benzene rings is 2. The lowest BCUT2D eigenvalue weighted by Gasteiger charge is -2.15. The minimum Gasteiger partial charge on any atom is -0.356 e. The van der Waals surface area contributed by atoms with Gasteiger partial charge in [0.2, 0.25) is 10.0 Å². The van der Waals surface area contributed by atoms with Crippen molar-refractivity contribution < 1.29 is 8.42 Å². The Labute approximate surface area is 179 Å². The Morgan fingerprint density at radius 1 is 0.967 bits per heavy atom. The minimum atomic E-state index is -3.65. The number of sulfonamides is 1. The van der Waals surface area contributed by atoms with E-state index >= 15 is 0 Å². The summed E-state index contributed by atoms with van der Waals surface area (Å²) >= 11 is 0. The molecule has 0 radical (unpaired) electrons. The summed E-state index contributed by atoms with van der Waals surface area (Å²) in [4.78, 5) is 6.89. The van der Waals surface area contributed by atoms with E-state index in [2.05, 4.69) is 44.8 Å². The highest BCUT2D eigenvalue weighted by molar-refractivity contribution is 7.89. The first-order valence-electron chi connectivity index (χ1n) is 10.3. The zero-order valence-electron chi connectivity index (χ0n) is 17.5. The molecule has 0 aliphatic carbocycles. The molecule has 7 nitrogen and oxygen atoms in total. The van der Waals surface area contributed by atoms with Gasteiger partial charge in [-0.05, 0) is 61.2 Å². The maximum absolute atomic E-state index is 11.3. The van der Waals surface area contributed by atoms with Gasteiger partial charge in [-0.15, -0.1) is 0 Å². The molecule has 8 heteroatoms. The molecule has 1 saturated heterocycles. The van der Waals surface area contributed by atoms with Crippen LogP contribution >= 0.6 is 0 Å². The van der Waals surface area contributed by atoms with Crippen molar-refractivity contribution in [2.24, 2.45) is 10.1 Å². The Kier molecular flexibility index (Phi) is 7.84. The molecule has 0 aromatic heterocycles. The minimum absolute atomic E-state index is 0.128. The maximum Gasteiger partial charge on any atom is 0.238 e. The van der Waals surface area contributed by atoms with Crippen molar-refractivity contribution in [2.75, 3.05) is 26.7 Å². The molecule has 1 fully saturated rings. The maximum atomic E-state index is 11.3. The number of nitrogens with zero attached hydrogens (tertiary/aromatic N) is 2. The van der Waals surface area contributed by atoms with Gasteiger partial charge in [-0.25, -0.2) is 13.6 Å². The summed E-state index contributed by atoms with van der Waals surface area (Å²) in [7, 11) is -1.90. The van der Waals surface area contributed by atoms with Gasteiger partial charge in [0.15, 0.2) is 5.96 Å². The zero-order chi connectivity index (χ0) is 21.4. The number of rotatable bonds is 8. The molecule has 0 spiro atoms. The van der Waals surface area contributed by atoms with Crippen molar-refractivity contribution >= 4 is 16.0 Å². The number of nitrogens with one attached hydrogen (secondary N) is 2. The quantitative estimate of drug-likeness (QED) is 0.439. The van der Waals surface area contributed by atoms with E-state index in [1.165, 1.54) is 49.2 Å². The van der Waals surface area contributed by atoms with E-state index in [0.717, 1.165) is 24.5 Å². The summed E-state index contributed by atoms with van der Waals surface area (Å²) in [5, 5.41) is 11.7. The van der Waals surface area contributed by atoms with Crippen molar-refractivity contribution in [3.63, 3.8) is 0 Å². The highest BCUT2D eigenvalue weighted by atomic mass is 32.2. The van der Waals surface area contributed by atoms with Crippen molar-refractivity contribution in [3.8, 4) is 0 Å². The Hall–Kier alpha value is -2.42. The molecule has 1 aliphatic heterocycles. The van der Waals surface area contributed by atoms with E-state index in [0.29, 0.717) is 13.1 Å². The fraction of sp³-hybridized carbons (Fsp3) is 0.409. The fourth-order valence-electron chi connectivity index (χ4n) is 3.54. The van der Waals surface area contributed by atoms with Crippen LogP contribution in [-0.4, -0.2) is 46.0 Å². The predicted molar refractivity (Wildman–Crippen MR) is 121 cm³/mol. The number of aliphatic imine (C=N–C) groups is 1. The summed E-state index contributed by atoms with van der Waals surface area (Å²) in [6.45, 7) is 4.84. The monoisotopic (exact) mass is 429 g/mol. The summed E-state index contributed by atoms with van der Waals surface area (Å²) < 4.78 is 22.6. The molecule has 162 valence electrons. The zero-order valence-corrected chi connectivity index (χ0v) is 18.3. The first-order valence-corrected chi connectivity index (χ1v) is 11.8. The first-order chi connectivity index (χ1) is 14.4. The molecule has 4 N–H and O–H groups in total. The fourth-order valence-corrected chi connectivity index (χ4v) is 4.05. The van der Waals surface area contributed by atoms with Crippen LogP contribution in [0.4, 0.5) is 0 Å². The molecule has 3 rings (SSSR count). The van der Waals surface area contributed by atoms with Gasteiger partial charge < -0.3 is 10.6 Å². The van der Waals surface area contributed by atoms with Gasteiger partial charge in [-0.2, -0.15) is 0 Å². The van der Waals surface area contributed by atoms with Gasteiger partial charge in [-0.3, -0.25) is 9.89 Å². The SMILES string of the molecule is CN=C(NCCc1ccc(S(N)(=O)=O)cc1)NCc1ccc(CN2CCCC2)cc1. The van der Waals surface area contributed by atoms with E-state index < -0.39 is 10.0 Å². The third-order valence-electron chi connectivity index (χ3n) is 5.27. The summed E-state index contributed by atoms with van der Waals surface area (Å²) in [5.41, 5.74) is 3.59. The third-order valence-corrected chi connectivity index (χ3v) is 6.20. The molecule has 0 saturated carbocycles. The number of hydrogen-bond acceptors (Lipinski definition) is 4. The molecule has 0 amide bonds. The average molecular weight is 430 g/mol. The molecule has 0 bridgehead atoms. The molecule has 0 unspecified atom stereocenters. The number of hydrogen-bond donors (Lipinski definition) is 3. The van der Waals surface area contributed by atoms with Gasteiger partial charge >= 0.3 is 0 Å². The smallest absolute Gasteiger partial charge is 0.238 e. The highest BCUT2D eigenvalue weighted by Gasteiger charge is 2.11. The van der Waals surface area contributed by atoms with Crippen LogP contribution in [0.5, 0.6) is 0 Å². The first kappa shape index (κ1) is 22.3. The second kappa shape index (κ2) is 10.6. The largest absolute Gasteiger partial charge is 0.356 e. The van der Waals surface area contributed by atoms with Crippen LogP contribution in [0.3, 0.4) is 0 Å². The second-order valence-electron chi connectivity index (χ2n) is 7.59. The summed E-state index contributed by atoms with van der Waals surface area (Å²) in [6.07, 6.45) is 3.38. The van der Waals surface area contributed by atoms with Gasteiger partial charge in [0.05, 0.1) is 4.90 Å². The second-order valence-corrected chi connectivity index (χ2v) is 9.15. The van der Waals surface area contributed by atoms with Crippen LogP contribution in [0.2, 0.25) is 0 Å². The Morgan fingerprint density at radius 3 is 2.17 bits per heavy atom. The van der Waals surface area contributed by atoms with Gasteiger partial charge in [0, 0.05) is 26.7 Å². The molecule has 30 heavy (non-hydrogen) atoms. The summed E-state index contributed by atoms with van der Waals surface area (Å²) in [5.74, 6) is 0.734. The molecular weight excluding hydrogens is 398 g/mol. The summed E-state index contributed by atoms with van der Waals surface area (Å²) in [6, 6.07) is 15.4. The lowest BCUT2D eigenvalue weighted by molar-refractivity contribution is 0.331. The van der Waals surface area contributed by atoms with E-state index in [1.54, 1.807) is 19.2 Å². The lowest BCUT2D eigenvalue weighted by Crippen LogP contribution is -2.37. The number of nitrogens with two attached hydrogens (primary N) is 1. The van der Waals surface area contributed by atoms with Crippen LogP contribution in [0.25, 0.3) is 0 Å². The molecule has 2 aromatic rings. The van der Waals surface area contributed by atoms with Crippen molar-refractivity contribution in [1.29, 1.82) is 0 Å². The topological polar surface area (TPSA) is 99.8 Å². The lowest BCUT2D eigenvalue weighted by atomic mass is 10.1. The van der Waals surface area contributed by atoms with E-state index in [-0.39, 0.29) is 4.90 Å². The van der Waals surface area contributed by atoms with E-state index in [9.17, 15) is 8.42 Å². The van der Waals surface area contributed by atoms with Gasteiger partial charge in [0.25, 0.3) is 0 Å². The number of likely N-dealkylation sites (tertiary alicyclic amines) is 1. The predicted octanol–water partition coefficient (Wildman–Crippen LogP) is 1.84. The van der Waals surface area contributed by atoms with Crippen molar-refractivity contribution in [2.45, 2.75) is 37.2 Å². The number of guanidine groups is 1. The highest BCUT2D eigenvalue weighted by Crippen LogP contribution is 2.13. The third kappa shape index (κ3) is 6.83. The Balaban J connectivity index is 1.41. The Bertz CT molecular complexity index is 934. The van der Waals surface area contributed by atoms with E-state index in [4.69, 9.17) is 5.14 Å². The normalized spacial score (nSPS) is 15.3. The van der Waals surface area contributed by atoms with Crippen LogP contribution in [0.15, 0.2) is 58.4 Å². The molecular formula is C22H31N5O2S. The van der Waals surface area contributed by atoms with Crippen molar-refractivity contribution in [1.82, 2.24) is 15.5 Å². The van der Waals surface area contributed by atoms with Crippen LogP contribution < -0.4 is 15.8 Å². The van der Waals surface area contributed by atoms with Crippen LogP contribution in [-0.2, 0) is 29.5 Å². The Morgan fingerprint density at radius 2 is 1.57 bits per heavy atom. The average Bonchev–Trinajstić information content (AvgIpc) is 3.24. The van der Waals surface area contributed by atoms with E-state index in [1.807, 2.05) is 0 Å². The van der Waals surface area contributed by atoms with Crippen LogP contribution in [0, 0.1) is 0 Å². The number of primary sulfonamides is 1. The van der Waals surface area contributed by atoms with Crippen LogP contribution in [0.1, 0.15) is 29.5 Å². The van der Waals surface area contributed by atoms with Crippen molar-refractivity contribution in [3.05, 3.63) is 65.2 Å².